The molecule has 22 heavy (non-hydrogen) atoms. The van der Waals surface area contributed by atoms with Crippen LogP contribution in [0.4, 0.5) is 0 Å². The molecule has 0 aromatic heterocycles. The van der Waals surface area contributed by atoms with Crippen LogP contribution in [0.3, 0.4) is 0 Å². The number of benzene rings is 1. The highest BCUT2D eigenvalue weighted by atomic mass is 16.5. The third kappa shape index (κ3) is 2.67. The number of hydrogen-bond acceptors (Lipinski definition) is 3. The molecule has 3 atom stereocenters. The van der Waals surface area contributed by atoms with Gasteiger partial charge in [-0.15, -0.1) is 0 Å². The molecule has 1 aliphatic heterocycles. The van der Waals surface area contributed by atoms with Crippen molar-refractivity contribution >= 4 is 5.78 Å². The first-order chi connectivity index (χ1) is 10.4. The fourth-order valence-corrected chi connectivity index (χ4v) is 4.35. The van der Waals surface area contributed by atoms with Gasteiger partial charge in [0.2, 0.25) is 0 Å². The Labute approximate surface area is 133 Å². The van der Waals surface area contributed by atoms with Gasteiger partial charge in [-0.3, -0.25) is 4.79 Å². The normalized spacial score (nSPS) is 32.3. The molecule has 1 aromatic carbocycles. The second-order valence-electron chi connectivity index (χ2n) is 7.47. The molecule has 1 heterocycles. The molecule has 3 nitrogen and oxygen atoms in total. The topological polar surface area (TPSA) is 29.5 Å². The summed E-state index contributed by atoms with van der Waals surface area (Å²) >= 11 is 0. The number of rotatable bonds is 3. The highest BCUT2D eigenvalue weighted by Gasteiger charge is 2.49. The standard InChI is InChI=1S/C19H27NO2/c1-13(2)22-18-7-5-6-15(8-18)19-10-16(9-17(21)11-19)20(4)12-14(19)3/h5-8,13-14,16H,9-12H2,1-4H3/t14-,16-,19-/m1/s1. The number of likely N-dealkylation sites (tertiary alicyclic amines) is 1. The van der Waals surface area contributed by atoms with E-state index in [4.69, 9.17) is 4.74 Å². The Bertz CT molecular complexity index is 568. The number of piperidine rings is 1. The molecule has 0 radical (unpaired) electrons. The lowest BCUT2D eigenvalue weighted by Crippen LogP contribution is -2.57. The van der Waals surface area contributed by atoms with Crippen LogP contribution in [-0.2, 0) is 10.2 Å². The summed E-state index contributed by atoms with van der Waals surface area (Å²) in [5, 5.41) is 0. The van der Waals surface area contributed by atoms with Crippen LogP contribution in [0.25, 0.3) is 0 Å². The zero-order valence-electron chi connectivity index (χ0n) is 14.1. The van der Waals surface area contributed by atoms with Gasteiger partial charge < -0.3 is 9.64 Å². The van der Waals surface area contributed by atoms with E-state index in [1.54, 1.807) is 0 Å². The summed E-state index contributed by atoms with van der Waals surface area (Å²) in [7, 11) is 2.15. The molecule has 3 heteroatoms. The van der Waals surface area contributed by atoms with Gasteiger partial charge >= 0.3 is 0 Å². The average Bonchev–Trinajstić information content (AvgIpc) is 2.44. The van der Waals surface area contributed by atoms with Crippen LogP contribution in [0.5, 0.6) is 5.75 Å². The van der Waals surface area contributed by atoms with Crippen molar-refractivity contribution in [2.45, 2.75) is 57.6 Å². The van der Waals surface area contributed by atoms with Crippen molar-refractivity contribution in [2.75, 3.05) is 13.6 Å². The minimum Gasteiger partial charge on any atom is -0.491 e. The quantitative estimate of drug-likeness (QED) is 0.857. The van der Waals surface area contributed by atoms with E-state index >= 15 is 0 Å². The second kappa shape index (κ2) is 5.69. The second-order valence-corrected chi connectivity index (χ2v) is 7.47. The van der Waals surface area contributed by atoms with Crippen LogP contribution in [0.1, 0.15) is 45.6 Å². The highest BCUT2D eigenvalue weighted by molar-refractivity contribution is 5.82. The maximum atomic E-state index is 12.4. The zero-order valence-corrected chi connectivity index (χ0v) is 14.1. The molecule has 0 unspecified atom stereocenters. The van der Waals surface area contributed by atoms with Crippen molar-refractivity contribution in [3.63, 3.8) is 0 Å². The van der Waals surface area contributed by atoms with Crippen LogP contribution in [0.2, 0.25) is 0 Å². The molecule has 2 aliphatic rings. The molecule has 0 N–H and O–H groups in total. The van der Waals surface area contributed by atoms with Gasteiger partial charge in [-0.1, -0.05) is 19.1 Å². The Morgan fingerprint density at radius 3 is 2.86 bits per heavy atom. The zero-order chi connectivity index (χ0) is 15.9. The van der Waals surface area contributed by atoms with E-state index in [1.807, 2.05) is 19.9 Å². The highest BCUT2D eigenvalue weighted by Crippen LogP contribution is 2.49. The molecular formula is C19H27NO2. The first kappa shape index (κ1) is 15.5. The molecular weight excluding hydrogens is 274 g/mol. The van der Waals surface area contributed by atoms with Gasteiger partial charge in [-0.2, -0.15) is 0 Å². The summed E-state index contributed by atoms with van der Waals surface area (Å²) in [5.74, 6) is 1.81. The average molecular weight is 301 g/mol. The number of ether oxygens (including phenoxy) is 1. The van der Waals surface area contributed by atoms with Crippen molar-refractivity contribution in [2.24, 2.45) is 5.92 Å². The van der Waals surface area contributed by atoms with E-state index in [-0.39, 0.29) is 11.5 Å². The van der Waals surface area contributed by atoms with Crippen molar-refractivity contribution in [3.8, 4) is 5.75 Å². The minimum absolute atomic E-state index is 0.0111. The summed E-state index contributed by atoms with van der Waals surface area (Å²) in [6, 6.07) is 8.83. The lowest BCUT2D eigenvalue weighted by molar-refractivity contribution is -0.127. The van der Waals surface area contributed by atoms with Crippen molar-refractivity contribution in [1.82, 2.24) is 4.90 Å². The predicted molar refractivity (Wildman–Crippen MR) is 88.3 cm³/mol. The van der Waals surface area contributed by atoms with Gasteiger partial charge in [0, 0.05) is 30.8 Å². The lowest BCUT2D eigenvalue weighted by atomic mass is 9.58. The lowest BCUT2D eigenvalue weighted by Gasteiger charge is -2.53. The van der Waals surface area contributed by atoms with Gasteiger partial charge in [-0.25, -0.2) is 0 Å². The summed E-state index contributed by atoms with van der Waals surface area (Å²) < 4.78 is 5.87. The van der Waals surface area contributed by atoms with Crippen molar-refractivity contribution < 1.29 is 9.53 Å². The third-order valence-electron chi connectivity index (χ3n) is 5.49. The number of nitrogens with zero attached hydrogens (tertiary/aromatic N) is 1. The van der Waals surface area contributed by atoms with Gasteiger partial charge in [0.15, 0.2) is 0 Å². The monoisotopic (exact) mass is 301 g/mol. The van der Waals surface area contributed by atoms with Gasteiger partial charge in [0.25, 0.3) is 0 Å². The van der Waals surface area contributed by atoms with E-state index in [0.29, 0.717) is 30.6 Å². The van der Waals surface area contributed by atoms with E-state index in [0.717, 1.165) is 18.7 Å². The molecule has 1 saturated carbocycles. The predicted octanol–water partition coefficient (Wildman–Crippen LogP) is 3.41. The molecule has 2 bridgehead atoms. The first-order valence-electron chi connectivity index (χ1n) is 8.40. The molecule has 0 amide bonds. The summed E-state index contributed by atoms with van der Waals surface area (Å²) in [6.07, 6.45) is 2.65. The molecule has 1 saturated heterocycles. The van der Waals surface area contributed by atoms with Crippen LogP contribution in [-0.4, -0.2) is 36.4 Å². The molecule has 1 aromatic rings. The number of carbonyl (C=O) groups is 1. The maximum absolute atomic E-state index is 12.4. The maximum Gasteiger partial charge on any atom is 0.135 e. The fourth-order valence-electron chi connectivity index (χ4n) is 4.35. The van der Waals surface area contributed by atoms with Crippen LogP contribution < -0.4 is 4.74 Å². The molecule has 2 fully saturated rings. The van der Waals surface area contributed by atoms with Gasteiger partial charge in [-0.05, 0) is 50.9 Å². The molecule has 120 valence electrons. The number of hydrogen-bond donors (Lipinski definition) is 0. The van der Waals surface area contributed by atoms with Crippen LogP contribution >= 0.6 is 0 Å². The fraction of sp³-hybridized carbons (Fsp3) is 0.632. The van der Waals surface area contributed by atoms with E-state index in [1.165, 1.54) is 5.56 Å². The summed E-state index contributed by atoms with van der Waals surface area (Å²) in [6.45, 7) is 7.45. The summed E-state index contributed by atoms with van der Waals surface area (Å²) in [5.41, 5.74) is 1.27. The largest absolute Gasteiger partial charge is 0.491 e. The van der Waals surface area contributed by atoms with Crippen molar-refractivity contribution in [1.29, 1.82) is 0 Å². The smallest absolute Gasteiger partial charge is 0.135 e. The molecule has 1 aliphatic carbocycles. The van der Waals surface area contributed by atoms with E-state index in [9.17, 15) is 4.79 Å². The molecule has 3 rings (SSSR count). The van der Waals surface area contributed by atoms with Gasteiger partial charge in [0.05, 0.1) is 6.10 Å². The number of carbonyl (C=O) groups excluding carboxylic acids is 1. The SMILES string of the molecule is CC(C)Oc1cccc([C@@]23CC(=O)C[C@H](C2)N(C)C[C@H]3C)c1. The van der Waals surface area contributed by atoms with E-state index < -0.39 is 0 Å². The number of fused-ring (bicyclic) bond motifs is 2. The number of Topliss-reactive ketones (excluding diaryl/α,β-unsaturated/α-hetero) is 1. The Kier molecular flexibility index (Phi) is 4.02. The minimum atomic E-state index is -0.0111. The van der Waals surface area contributed by atoms with Crippen molar-refractivity contribution in [3.05, 3.63) is 29.8 Å². The Morgan fingerprint density at radius 2 is 2.14 bits per heavy atom. The Morgan fingerprint density at radius 1 is 1.36 bits per heavy atom. The van der Waals surface area contributed by atoms with Crippen LogP contribution in [0, 0.1) is 5.92 Å². The molecule has 0 spiro atoms. The summed E-state index contributed by atoms with van der Waals surface area (Å²) in [4.78, 5) is 14.7. The third-order valence-corrected chi connectivity index (χ3v) is 5.49. The van der Waals surface area contributed by atoms with Gasteiger partial charge in [0.1, 0.15) is 11.5 Å². The Hall–Kier alpha value is -1.35. The Balaban J connectivity index is 1.98. The first-order valence-corrected chi connectivity index (χ1v) is 8.40. The van der Waals surface area contributed by atoms with Crippen LogP contribution in [0.15, 0.2) is 24.3 Å². The van der Waals surface area contributed by atoms with E-state index in [2.05, 4.69) is 37.1 Å². The number of ketones is 1.